The van der Waals surface area contributed by atoms with Gasteiger partial charge in [-0.2, -0.15) is 0 Å². The van der Waals surface area contributed by atoms with Gasteiger partial charge in [-0.3, -0.25) is 4.79 Å². The van der Waals surface area contributed by atoms with Crippen molar-refractivity contribution in [3.8, 4) is 11.5 Å². The molecule has 0 atom stereocenters. The number of benzene rings is 2. The molecule has 4 aromatic rings. The summed E-state index contributed by atoms with van der Waals surface area (Å²) >= 11 is 1.47. The minimum Gasteiger partial charge on any atom is -0.454 e. The van der Waals surface area contributed by atoms with Gasteiger partial charge in [0.2, 0.25) is 12.7 Å². The maximum Gasteiger partial charge on any atom is 0.231 e. The third kappa shape index (κ3) is 4.53. The maximum absolute atomic E-state index is 12.4. The molecule has 10 nitrogen and oxygen atoms in total. The third-order valence-electron chi connectivity index (χ3n) is 5.03. The van der Waals surface area contributed by atoms with E-state index < -0.39 is 0 Å². The minimum absolute atomic E-state index is 0.0922. The van der Waals surface area contributed by atoms with Gasteiger partial charge in [-0.25, -0.2) is 4.68 Å². The average molecular weight is 464 g/mol. The first-order valence-electron chi connectivity index (χ1n) is 10.3. The van der Waals surface area contributed by atoms with Crippen LogP contribution in [0.5, 0.6) is 11.5 Å². The number of ether oxygens (including phenoxy) is 2. The molecular weight excluding hydrogens is 442 g/mol. The summed E-state index contributed by atoms with van der Waals surface area (Å²) < 4.78 is 14.4. The number of aromatic nitrogens is 6. The molecule has 3 heterocycles. The zero-order valence-corrected chi connectivity index (χ0v) is 18.5. The minimum atomic E-state index is -0.0922. The molecule has 1 N–H and O–H groups in total. The van der Waals surface area contributed by atoms with E-state index in [1.165, 1.54) is 11.8 Å². The Balaban J connectivity index is 1.21. The molecule has 5 rings (SSSR count). The topological polar surface area (TPSA) is 109 Å². The van der Waals surface area contributed by atoms with E-state index in [-0.39, 0.29) is 12.7 Å². The number of anilines is 1. The van der Waals surface area contributed by atoms with E-state index in [4.69, 9.17) is 9.47 Å². The number of fused-ring (bicyclic) bond motifs is 2. The van der Waals surface area contributed by atoms with Crippen LogP contribution in [0.15, 0.2) is 60.3 Å². The number of allylic oxidation sites excluding steroid dienone is 1. The van der Waals surface area contributed by atoms with Gasteiger partial charge in [0.15, 0.2) is 22.5 Å². The van der Waals surface area contributed by atoms with Crippen molar-refractivity contribution in [3.05, 3.63) is 60.9 Å². The van der Waals surface area contributed by atoms with Crippen LogP contribution in [-0.4, -0.2) is 48.2 Å². The number of hydrogen-bond acceptors (Lipinski definition) is 8. The van der Waals surface area contributed by atoms with Crippen LogP contribution >= 0.6 is 11.8 Å². The van der Waals surface area contributed by atoms with Crippen LogP contribution in [0.3, 0.4) is 0 Å². The molecule has 0 unspecified atom stereocenters. The van der Waals surface area contributed by atoms with Gasteiger partial charge >= 0.3 is 0 Å². The molecule has 1 aliphatic rings. The summed E-state index contributed by atoms with van der Waals surface area (Å²) in [6.07, 6.45) is 2.12. The highest BCUT2D eigenvalue weighted by molar-refractivity contribution is 7.99. The monoisotopic (exact) mass is 463 g/mol. The highest BCUT2D eigenvalue weighted by Crippen LogP contribution is 2.34. The first kappa shape index (κ1) is 21.0. The van der Waals surface area contributed by atoms with Crippen molar-refractivity contribution >= 4 is 34.4 Å². The second-order valence-electron chi connectivity index (χ2n) is 7.25. The van der Waals surface area contributed by atoms with Crippen molar-refractivity contribution in [3.63, 3.8) is 0 Å². The van der Waals surface area contributed by atoms with Gasteiger partial charge in [0.25, 0.3) is 0 Å². The number of amides is 1. The van der Waals surface area contributed by atoms with Crippen molar-refractivity contribution in [1.82, 2.24) is 29.8 Å². The normalized spacial score (nSPS) is 12.2. The van der Waals surface area contributed by atoms with Crippen LogP contribution in [0, 0.1) is 0 Å². The summed E-state index contributed by atoms with van der Waals surface area (Å²) in [7, 11) is 0. The average Bonchev–Trinajstić information content (AvgIpc) is 3.54. The lowest BCUT2D eigenvalue weighted by Crippen LogP contribution is -2.13. The Bertz CT molecular complexity index is 1320. The molecule has 0 aliphatic carbocycles. The van der Waals surface area contributed by atoms with Crippen LogP contribution in [-0.2, 0) is 17.9 Å². The van der Waals surface area contributed by atoms with Gasteiger partial charge in [-0.05, 0) is 24.3 Å². The summed E-state index contributed by atoms with van der Waals surface area (Å²) in [6.45, 7) is 5.03. The van der Waals surface area contributed by atoms with Crippen LogP contribution in [0.1, 0.15) is 12.2 Å². The van der Waals surface area contributed by atoms with E-state index in [9.17, 15) is 4.79 Å². The van der Waals surface area contributed by atoms with Gasteiger partial charge in [0, 0.05) is 30.5 Å². The van der Waals surface area contributed by atoms with E-state index in [2.05, 4.69) is 32.4 Å². The molecule has 33 heavy (non-hydrogen) atoms. The van der Waals surface area contributed by atoms with Gasteiger partial charge < -0.3 is 19.4 Å². The van der Waals surface area contributed by atoms with Crippen molar-refractivity contribution < 1.29 is 14.3 Å². The summed E-state index contributed by atoms with van der Waals surface area (Å²) in [6, 6.07) is 13.1. The fraction of sp³-hybridized carbons (Fsp3) is 0.227. The first-order valence-corrected chi connectivity index (χ1v) is 11.3. The molecule has 0 radical (unpaired) electrons. The molecule has 11 heteroatoms. The maximum atomic E-state index is 12.4. The molecule has 0 bridgehead atoms. The molecule has 0 saturated heterocycles. The Morgan fingerprint density at radius 3 is 2.94 bits per heavy atom. The molecular formula is C22H21N7O3S. The first-order chi connectivity index (χ1) is 16.2. The van der Waals surface area contributed by atoms with E-state index in [1.54, 1.807) is 29.0 Å². The number of nitrogens with one attached hydrogen (secondary N) is 1. The molecule has 0 spiro atoms. The summed E-state index contributed by atoms with van der Waals surface area (Å²) in [5.41, 5.74) is 2.43. The van der Waals surface area contributed by atoms with Gasteiger partial charge in [0.1, 0.15) is 12.1 Å². The number of carbonyl (C=O) groups is 1. The van der Waals surface area contributed by atoms with Crippen molar-refractivity contribution in [2.24, 2.45) is 0 Å². The fourth-order valence-corrected chi connectivity index (χ4v) is 4.36. The van der Waals surface area contributed by atoms with Gasteiger partial charge in [-0.15, -0.1) is 21.9 Å². The highest BCUT2D eigenvalue weighted by atomic mass is 32.2. The predicted octanol–water partition coefficient (Wildman–Crippen LogP) is 3.11. The highest BCUT2D eigenvalue weighted by Gasteiger charge is 2.16. The second kappa shape index (κ2) is 9.33. The standard InChI is InChI=1S/C22H21N7O3S/c1-2-10-28-20(13-29-17-6-4-3-5-16(17)24-27-29)25-26-22(28)33-11-9-21(30)23-15-7-8-18-19(12-15)32-14-31-18/h2-8,12H,1,9-11,13-14H2,(H,23,30). The Morgan fingerprint density at radius 2 is 2.03 bits per heavy atom. The lowest BCUT2D eigenvalue weighted by molar-refractivity contribution is -0.115. The van der Waals surface area contributed by atoms with Crippen LogP contribution in [0.4, 0.5) is 5.69 Å². The Hall–Kier alpha value is -3.86. The Kier molecular flexibility index (Phi) is 5.94. The lowest BCUT2D eigenvalue weighted by atomic mass is 10.2. The van der Waals surface area contributed by atoms with Crippen molar-refractivity contribution in [1.29, 1.82) is 0 Å². The number of hydrogen-bond donors (Lipinski definition) is 1. The third-order valence-corrected chi connectivity index (χ3v) is 6.00. The second-order valence-corrected chi connectivity index (χ2v) is 8.31. The van der Waals surface area contributed by atoms with Gasteiger partial charge in [0.05, 0.1) is 5.52 Å². The summed E-state index contributed by atoms with van der Waals surface area (Å²) in [4.78, 5) is 12.4. The SMILES string of the molecule is C=CCn1c(Cn2nnc3ccccc32)nnc1SCCC(=O)Nc1ccc2c(c1)OCO2. The Morgan fingerprint density at radius 1 is 1.15 bits per heavy atom. The van der Waals surface area contributed by atoms with Crippen LogP contribution < -0.4 is 14.8 Å². The van der Waals surface area contributed by atoms with E-state index in [1.807, 2.05) is 28.8 Å². The van der Waals surface area contributed by atoms with Crippen molar-refractivity contribution in [2.75, 3.05) is 17.9 Å². The molecule has 2 aromatic heterocycles. The fourth-order valence-electron chi connectivity index (χ4n) is 3.46. The largest absolute Gasteiger partial charge is 0.454 e. The van der Waals surface area contributed by atoms with Crippen LogP contribution in [0.25, 0.3) is 11.0 Å². The molecule has 0 saturated carbocycles. The molecule has 168 valence electrons. The zero-order chi connectivity index (χ0) is 22.6. The van der Waals surface area contributed by atoms with E-state index in [0.717, 1.165) is 22.0 Å². The molecule has 1 amide bonds. The zero-order valence-electron chi connectivity index (χ0n) is 17.7. The number of nitrogens with zero attached hydrogens (tertiary/aromatic N) is 6. The molecule has 0 fully saturated rings. The summed E-state index contributed by atoms with van der Waals surface area (Å²) in [5, 5.41) is 20.7. The summed E-state index contributed by atoms with van der Waals surface area (Å²) in [5.74, 6) is 2.52. The smallest absolute Gasteiger partial charge is 0.231 e. The predicted molar refractivity (Wildman–Crippen MR) is 123 cm³/mol. The molecule has 1 aliphatic heterocycles. The van der Waals surface area contributed by atoms with Gasteiger partial charge in [-0.1, -0.05) is 35.2 Å². The Labute approximate surface area is 193 Å². The van der Waals surface area contributed by atoms with Crippen LogP contribution in [0.2, 0.25) is 0 Å². The number of carbonyl (C=O) groups excluding carboxylic acids is 1. The quantitative estimate of drug-likeness (QED) is 0.298. The number of para-hydroxylation sites is 1. The number of thioether (sulfide) groups is 1. The molecule has 2 aromatic carbocycles. The number of rotatable bonds is 9. The van der Waals surface area contributed by atoms with E-state index >= 15 is 0 Å². The van der Waals surface area contributed by atoms with Crippen molar-refractivity contribution in [2.45, 2.75) is 24.7 Å². The lowest BCUT2D eigenvalue weighted by Gasteiger charge is -2.08. The van der Waals surface area contributed by atoms with E-state index in [0.29, 0.717) is 42.4 Å².